The first-order chi connectivity index (χ1) is 11.1. The zero-order chi connectivity index (χ0) is 16.4. The van der Waals surface area contributed by atoms with E-state index in [-0.39, 0.29) is 18.0 Å². The van der Waals surface area contributed by atoms with Crippen molar-refractivity contribution < 1.29 is 4.74 Å². The molecule has 3 rings (SSSR count). The molecule has 0 bridgehead atoms. The van der Waals surface area contributed by atoms with Gasteiger partial charge < -0.3 is 16.2 Å². The van der Waals surface area contributed by atoms with Crippen LogP contribution in [0, 0.1) is 5.41 Å². The largest absolute Gasteiger partial charge is 0.483 e. The molecule has 3 aromatic rings. The average Bonchev–Trinajstić information content (AvgIpc) is 2.98. The van der Waals surface area contributed by atoms with Gasteiger partial charge in [0.25, 0.3) is 0 Å². The number of benzene rings is 2. The van der Waals surface area contributed by atoms with Gasteiger partial charge in [0.1, 0.15) is 17.7 Å². The molecule has 0 saturated carbocycles. The molecule has 5 N–H and O–H groups in total. The summed E-state index contributed by atoms with van der Waals surface area (Å²) < 4.78 is 7.28. The van der Waals surface area contributed by atoms with Gasteiger partial charge in [-0.3, -0.25) is 5.41 Å². The molecule has 4 nitrogen and oxygen atoms in total. The lowest BCUT2D eigenvalue weighted by Crippen LogP contribution is -2.29. The molecule has 0 amide bonds. The highest BCUT2D eigenvalue weighted by atomic mass is 32.1. The second-order valence-electron chi connectivity index (χ2n) is 5.50. The molecule has 0 aliphatic carbocycles. The second-order valence-corrected chi connectivity index (χ2v) is 6.58. The van der Waals surface area contributed by atoms with Crippen molar-refractivity contribution in [2.75, 3.05) is 0 Å². The Morgan fingerprint density at radius 1 is 1.13 bits per heavy atom. The Kier molecular flexibility index (Phi) is 4.32. The number of rotatable bonds is 5. The number of hydrogen-bond acceptors (Lipinski definition) is 4. The summed E-state index contributed by atoms with van der Waals surface area (Å²) in [7, 11) is 0. The van der Waals surface area contributed by atoms with Crippen LogP contribution in [0.5, 0.6) is 5.75 Å². The highest BCUT2D eigenvalue weighted by Crippen LogP contribution is 2.35. The van der Waals surface area contributed by atoms with Crippen LogP contribution < -0.4 is 16.2 Å². The Labute approximate surface area is 139 Å². The monoisotopic (exact) mass is 325 g/mol. The van der Waals surface area contributed by atoms with E-state index in [9.17, 15) is 0 Å². The van der Waals surface area contributed by atoms with Gasteiger partial charge in [0.05, 0.1) is 4.88 Å². The molecular formula is C18H19N3OS. The average molecular weight is 325 g/mol. The van der Waals surface area contributed by atoms with Crippen molar-refractivity contribution in [2.45, 2.75) is 19.1 Å². The quantitative estimate of drug-likeness (QED) is 0.494. The van der Waals surface area contributed by atoms with Crippen molar-refractivity contribution in [1.29, 1.82) is 5.41 Å². The van der Waals surface area contributed by atoms with E-state index in [2.05, 4.69) is 0 Å². The van der Waals surface area contributed by atoms with Gasteiger partial charge in [0.2, 0.25) is 0 Å². The SMILES string of the molecule is C[C@@H](N)[C@H](Oc1cccc2sc(C(=N)N)cc12)c1ccccc1. The van der Waals surface area contributed by atoms with Crippen LogP contribution in [0.1, 0.15) is 23.5 Å². The first-order valence-electron chi connectivity index (χ1n) is 7.40. The minimum Gasteiger partial charge on any atom is -0.483 e. The molecule has 0 radical (unpaired) electrons. The maximum absolute atomic E-state index is 7.61. The van der Waals surface area contributed by atoms with E-state index < -0.39 is 0 Å². The first kappa shape index (κ1) is 15.5. The molecule has 0 spiro atoms. The van der Waals surface area contributed by atoms with E-state index >= 15 is 0 Å². The van der Waals surface area contributed by atoms with Crippen LogP contribution >= 0.6 is 11.3 Å². The number of hydrogen-bond donors (Lipinski definition) is 3. The van der Waals surface area contributed by atoms with Gasteiger partial charge in [-0.05, 0) is 30.7 Å². The Morgan fingerprint density at radius 2 is 1.87 bits per heavy atom. The molecular weight excluding hydrogens is 306 g/mol. The van der Waals surface area contributed by atoms with Crippen LogP contribution in [-0.2, 0) is 0 Å². The van der Waals surface area contributed by atoms with Gasteiger partial charge in [-0.1, -0.05) is 36.4 Å². The van der Waals surface area contributed by atoms with Crippen LogP contribution in [0.25, 0.3) is 10.1 Å². The first-order valence-corrected chi connectivity index (χ1v) is 8.22. The maximum atomic E-state index is 7.61. The Hall–Kier alpha value is -2.37. The maximum Gasteiger partial charge on any atom is 0.138 e. The summed E-state index contributed by atoms with van der Waals surface area (Å²) in [6, 6.07) is 17.6. The number of nitrogens with one attached hydrogen (secondary N) is 1. The minimum absolute atomic E-state index is 0.0731. The molecule has 1 heterocycles. The van der Waals surface area contributed by atoms with E-state index in [1.807, 2.05) is 61.5 Å². The Morgan fingerprint density at radius 3 is 2.52 bits per heavy atom. The molecule has 0 aliphatic heterocycles. The summed E-state index contributed by atoms with van der Waals surface area (Å²) in [6.07, 6.45) is -0.234. The van der Waals surface area contributed by atoms with E-state index in [0.717, 1.165) is 26.3 Å². The molecule has 23 heavy (non-hydrogen) atoms. The summed E-state index contributed by atoms with van der Waals surface area (Å²) >= 11 is 1.49. The van der Waals surface area contributed by atoms with Crippen molar-refractivity contribution in [1.82, 2.24) is 0 Å². The van der Waals surface area contributed by atoms with Crippen LogP contribution in [0.2, 0.25) is 0 Å². The highest BCUT2D eigenvalue weighted by molar-refractivity contribution is 7.20. The Balaban J connectivity index is 2.00. The summed E-state index contributed by atoms with van der Waals surface area (Å²) in [5, 5.41) is 8.57. The summed E-state index contributed by atoms with van der Waals surface area (Å²) in [4.78, 5) is 0.744. The zero-order valence-electron chi connectivity index (χ0n) is 12.8. The minimum atomic E-state index is -0.234. The molecule has 2 aromatic carbocycles. The Bertz CT molecular complexity index is 827. The molecule has 1 aromatic heterocycles. The van der Waals surface area contributed by atoms with Crippen LogP contribution in [0.3, 0.4) is 0 Å². The number of amidine groups is 1. The van der Waals surface area contributed by atoms with Crippen molar-refractivity contribution in [3.63, 3.8) is 0 Å². The molecule has 0 fully saturated rings. The van der Waals surface area contributed by atoms with Crippen LogP contribution in [0.15, 0.2) is 54.6 Å². The molecule has 0 unspecified atom stereocenters. The fourth-order valence-electron chi connectivity index (χ4n) is 2.53. The topological polar surface area (TPSA) is 85.1 Å². The van der Waals surface area contributed by atoms with E-state index in [4.69, 9.17) is 21.6 Å². The summed E-state index contributed by atoms with van der Waals surface area (Å²) in [5.41, 5.74) is 12.8. The van der Waals surface area contributed by atoms with E-state index in [1.54, 1.807) is 0 Å². The van der Waals surface area contributed by atoms with Gasteiger partial charge >= 0.3 is 0 Å². The summed E-state index contributed by atoms with van der Waals surface area (Å²) in [6.45, 7) is 1.94. The number of nitrogens with two attached hydrogens (primary N) is 2. The number of fused-ring (bicyclic) bond motifs is 1. The fraction of sp³-hybridized carbons (Fsp3) is 0.167. The predicted octanol–water partition coefficient (Wildman–Crippen LogP) is 3.65. The lowest BCUT2D eigenvalue weighted by molar-refractivity contribution is 0.183. The second kappa shape index (κ2) is 6.40. The molecule has 5 heteroatoms. The molecule has 0 saturated heterocycles. The van der Waals surface area contributed by atoms with Crippen molar-refractivity contribution >= 4 is 27.3 Å². The van der Waals surface area contributed by atoms with Gasteiger partial charge in [-0.15, -0.1) is 11.3 Å². The van der Waals surface area contributed by atoms with Gasteiger partial charge in [0, 0.05) is 16.1 Å². The van der Waals surface area contributed by atoms with Crippen LogP contribution in [0.4, 0.5) is 0 Å². The van der Waals surface area contributed by atoms with E-state index in [0.29, 0.717) is 0 Å². The fourth-order valence-corrected chi connectivity index (χ4v) is 3.47. The van der Waals surface area contributed by atoms with Crippen molar-refractivity contribution in [2.24, 2.45) is 11.5 Å². The highest BCUT2D eigenvalue weighted by Gasteiger charge is 2.19. The number of thiophene rings is 1. The third-order valence-corrected chi connectivity index (χ3v) is 4.78. The lowest BCUT2D eigenvalue weighted by Gasteiger charge is -2.23. The number of nitrogen functional groups attached to an aromatic ring is 1. The normalized spacial score (nSPS) is 13.7. The van der Waals surface area contributed by atoms with Crippen molar-refractivity contribution in [3.8, 4) is 5.75 Å². The third-order valence-electron chi connectivity index (χ3n) is 3.65. The smallest absolute Gasteiger partial charge is 0.138 e. The molecule has 118 valence electrons. The molecule has 0 aliphatic rings. The molecule has 2 atom stereocenters. The standard InChI is InChI=1S/C18H19N3OS/c1-11(19)17(12-6-3-2-4-7-12)22-14-8-5-9-15-13(14)10-16(23-15)18(20)21/h2-11,17H,19H2,1H3,(H3,20,21)/t11-,17+/m1/s1. The van der Waals surface area contributed by atoms with Crippen molar-refractivity contribution in [3.05, 3.63) is 65.0 Å². The predicted molar refractivity (Wildman–Crippen MR) is 96.3 cm³/mol. The lowest BCUT2D eigenvalue weighted by atomic mass is 10.0. The van der Waals surface area contributed by atoms with Gasteiger partial charge in [-0.25, -0.2) is 0 Å². The summed E-state index contributed by atoms with van der Waals surface area (Å²) in [5.74, 6) is 0.835. The van der Waals surface area contributed by atoms with Crippen LogP contribution in [-0.4, -0.2) is 11.9 Å². The number of ether oxygens (including phenoxy) is 1. The van der Waals surface area contributed by atoms with Gasteiger partial charge in [-0.2, -0.15) is 0 Å². The zero-order valence-corrected chi connectivity index (χ0v) is 13.6. The van der Waals surface area contributed by atoms with E-state index in [1.165, 1.54) is 11.3 Å². The van der Waals surface area contributed by atoms with Gasteiger partial charge in [0.15, 0.2) is 0 Å². The third kappa shape index (κ3) is 3.21.